The number of furan rings is 1. The Morgan fingerprint density at radius 3 is 2.53 bits per heavy atom. The molecule has 0 bridgehead atoms. The molecule has 1 saturated heterocycles. The van der Waals surface area contributed by atoms with Crippen molar-refractivity contribution in [1.29, 1.82) is 0 Å². The summed E-state index contributed by atoms with van der Waals surface area (Å²) in [6.07, 6.45) is 2.18. The van der Waals surface area contributed by atoms with E-state index in [1.165, 1.54) is 19.2 Å². The lowest BCUT2D eigenvalue weighted by Gasteiger charge is -2.32. The maximum Gasteiger partial charge on any atom is 0.339 e. The molecule has 1 aliphatic rings. The minimum Gasteiger partial charge on any atom is -0.465 e. The first-order valence-electron chi connectivity index (χ1n) is 9.59. The van der Waals surface area contributed by atoms with Crippen LogP contribution in [-0.4, -0.2) is 50.6 Å². The summed E-state index contributed by atoms with van der Waals surface area (Å²) in [5.41, 5.74) is 1.29. The maximum atomic E-state index is 13.2. The van der Waals surface area contributed by atoms with Gasteiger partial charge >= 0.3 is 5.97 Å². The van der Waals surface area contributed by atoms with Gasteiger partial charge in [0.05, 0.1) is 29.1 Å². The highest BCUT2D eigenvalue weighted by atomic mass is 32.2. The third kappa shape index (κ3) is 3.59. The van der Waals surface area contributed by atoms with Crippen LogP contribution in [0.1, 0.15) is 33.6 Å². The minimum absolute atomic E-state index is 0.0213. The van der Waals surface area contributed by atoms with Gasteiger partial charge in [-0.15, -0.1) is 0 Å². The molecule has 3 aromatic rings. The monoisotopic (exact) mass is 427 g/mol. The second-order valence-corrected chi connectivity index (χ2v) is 9.39. The number of methoxy groups -OCH3 is 1. The van der Waals surface area contributed by atoms with Crippen molar-refractivity contribution < 1.29 is 27.2 Å². The fraction of sp³-hybridized carbons (Fsp3) is 0.273. The van der Waals surface area contributed by atoms with E-state index in [-0.39, 0.29) is 16.4 Å². The Hall–Kier alpha value is -3.13. The highest BCUT2D eigenvalue weighted by Crippen LogP contribution is 2.28. The number of hydrogen-bond acceptors (Lipinski definition) is 6. The van der Waals surface area contributed by atoms with E-state index in [0.29, 0.717) is 37.1 Å². The maximum absolute atomic E-state index is 13.2. The second kappa shape index (κ2) is 7.95. The van der Waals surface area contributed by atoms with E-state index in [1.807, 2.05) is 0 Å². The lowest BCUT2D eigenvalue weighted by Crippen LogP contribution is -2.42. The van der Waals surface area contributed by atoms with Gasteiger partial charge in [0.25, 0.3) is 5.91 Å². The molecule has 0 spiro atoms. The average molecular weight is 427 g/mol. The molecule has 30 heavy (non-hydrogen) atoms. The number of nitrogens with zero attached hydrogens (tertiary/aromatic N) is 1. The quantitative estimate of drug-likeness (QED) is 0.593. The number of carbonyl (C=O) groups is 2. The van der Waals surface area contributed by atoms with E-state index >= 15 is 0 Å². The predicted octanol–water partition coefficient (Wildman–Crippen LogP) is 3.30. The molecule has 0 atom stereocenters. The van der Waals surface area contributed by atoms with Crippen molar-refractivity contribution in [2.24, 2.45) is 0 Å². The smallest absolute Gasteiger partial charge is 0.339 e. The van der Waals surface area contributed by atoms with Crippen LogP contribution in [0.2, 0.25) is 0 Å². The first-order chi connectivity index (χ1) is 14.4. The summed E-state index contributed by atoms with van der Waals surface area (Å²) in [6, 6.07) is 13.1. The molecule has 1 aromatic heterocycles. The van der Waals surface area contributed by atoms with Crippen LogP contribution in [-0.2, 0) is 14.6 Å². The zero-order valence-corrected chi connectivity index (χ0v) is 17.2. The summed E-state index contributed by atoms with van der Waals surface area (Å²) in [6.45, 7) is 0.652. The SMILES string of the molecule is COC(=O)c1ccccc1S(=O)(=O)C1CCN(C(=O)c2ccc3occc3c2)CC1. The number of carbonyl (C=O) groups excluding carboxylic acids is 2. The number of likely N-dealkylation sites (tertiary alicyclic amines) is 1. The van der Waals surface area contributed by atoms with Gasteiger partial charge in [0.1, 0.15) is 5.58 Å². The van der Waals surface area contributed by atoms with Crippen LogP contribution >= 0.6 is 0 Å². The number of ether oxygens (including phenoxy) is 1. The largest absolute Gasteiger partial charge is 0.465 e. The topological polar surface area (TPSA) is 93.9 Å². The minimum atomic E-state index is -3.73. The van der Waals surface area contributed by atoms with Gasteiger partial charge in [0.2, 0.25) is 0 Å². The normalized spacial score (nSPS) is 15.3. The third-order valence-corrected chi connectivity index (χ3v) is 7.78. The molecule has 0 unspecified atom stereocenters. The van der Waals surface area contributed by atoms with Crippen molar-refractivity contribution >= 4 is 32.7 Å². The standard InChI is InChI=1S/C22H21NO6S/c1-28-22(25)18-4-2-3-5-20(18)30(26,27)17-8-11-23(12-9-17)21(24)16-6-7-19-15(14-16)10-13-29-19/h2-7,10,13-14,17H,8-9,11-12H2,1H3. The highest BCUT2D eigenvalue weighted by molar-refractivity contribution is 7.92. The summed E-state index contributed by atoms with van der Waals surface area (Å²) >= 11 is 0. The molecule has 7 nitrogen and oxygen atoms in total. The Morgan fingerprint density at radius 1 is 1.07 bits per heavy atom. The first-order valence-corrected chi connectivity index (χ1v) is 11.1. The number of piperidine rings is 1. The average Bonchev–Trinajstić information content (AvgIpc) is 3.26. The van der Waals surface area contributed by atoms with Gasteiger partial charge in [-0.2, -0.15) is 0 Å². The van der Waals surface area contributed by atoms with Crippen LogP contribution in [0.3, 0.4) is 0 Å². The number of fused-ring (bicyclic) bond motifs is 1. The van der Waals surface area contributed by atoms with Crippen LogP contribution in [0.25, 0.3) is 11.0 Å². The molecule has 0 saturated carbocycles. The molecule has 0 N–H and O–H groups in total. The number of esters is 1. The Labute approximate surface area is 174 Å². The number of rotatable bonds is 4. The van der Waals surface area contributed by atoms with E-state index in [4.69, 9.17) is 9.15 Å². The molecule has 0 aliphatic carbocycles. The number of benzene rings is 2. The number of amides is 1. The molecule has 8 heteroatoms. The Morgan fingerprint density at radius 2 is 1.80 bits per heavy atom. The van der Waals surface area contributed by atoms with Crippen molar-refractivity contribution in [2.75, 3.05) is 20.2 Å². The van der Waals surface area contributed by atoms with Crippen LogP contribution in [0, 0.1) is 0 Å². The van der Waals surface area contributed by atoms with Crippen molar-refractivity contribution in [1.82, 2.24) is 4.90 Å². The van der Waals surface area contributed by atoms with Gasteiger partial charge in [-0.25, -0.2) is 13.2 Å². The van der Waals surface area contributed by atoms with Gasteiger partial charge in [-0.3, -0.25) is 4.79 Å². The molecule has 4 rings (SSSR count). The van der Waals surface area contributed by atoms with Crippen LogP contribution in [0.5, 0.6) is 0 Å². The summed E-state index contributed by atoms with van der Waals surface area (Å²) in [5, 5.41) is 0.182. The summed E-state index contributed by atoms with van der Waals surface area (Å²) in [7, 11) is -2.52. The van der Waals surface area contributed by atoms with Crippen LogP contribution in [0.4, 0.5) is 0 Å². The van der Waals surface area contributed by atoms with E-state index < -0.39 is 21.1 Å². The van der Waals surface area contributed by atoms with Crippen molar-refractivity contribution in [3.8, 4) is 0 Å². The fourth-order valence-corrected chi connectivity index (χ4v) is 5.74. The van der Waals surface area contributed by atoms with Gasteiger partial charge in [0, 0.05) is 24.0 Å². The molecular weight excluding hydrogens is 406 g/mol. The van der Waals surface area contributed by atoms with Crippen molar-refractivity contribution in [2.45, 2.75) is 23.0 Å². The van der Waals surface area contributed by atoms with Gasteiger partial charge in [0.15, 0.2) is 9.84 Å². The van der Waals surface area contributed by atoms with E-state index in [2.05, 4.69) is 0 Å². The third-order valence-electron chi connectivity index (χ3n) is 5.47. The Bertz CT molecular complexity index is 1210. The molecule has 2 aromatic carbocycles. The van der Waals surface area contributed by atoms with Crippen molar-refractivity contribution in [3.63, 3.8) is 0 Å². The molecule has 2 heterocycles. The summed E-state index contributed by atoms with van der Waals surface area (Å²) in [4.78, 5) is 26.5. The summed E-state index contributed by atoms with van der Waals surface area (Å²) in [5.74, 6) is -0.819. The van der Waals surface area contributed by atoms with E-state index in [9.17, 15) is 18.0 Å². The first kappa shape index (κ1) is 20.2. The molecule has 1 amide bonds. The molecular formula is C22H21NO6S. The predicted molar refractivity (Wildman–Crippen MR) is 110 cm³/mol. The van der Waals surface area contributed by atoms with Gasteiger partial charge in [-0.05, 0) is 49.2 Å². The van der Waals surface area contributed by atoms with E-state index in [1.54, 1.807) is 47.6 Å². The van der Waals surface area contributed by atoms with Crippen molar-refractivity contribution in [3.05, 3.63) is 65.9 Å². The molecule has 1 aliphatic heterocycles. The zero-order chi connectivity index (χ0) is 21.3. The second-order valence-electron chi connectivity index (χ2n) is 7.20. The van der Waals surface area contributed by atoms with Gasteiger partial charge in [-0.1, -0.05) is 12.1 Å². The van der Waals surface area contributed by atoms with Gasteiger partial charge < -0.3 is 14.1 Å². The number of sulfone groups is 1. The molecule has 0 radical (unpaired) electrons. The fourth-order valence-electron chi connectivity index (χ4n) is 3.82. The molecule has 1 fully saturated rings. The molecule has 156 valence electrons. The zero-order valence-electron chi connectivity index (χ0n) is 16.4. The van der Waals surface area contributed by atoms with Crippen LogP contribution < -0.4 is 0 Å². The Balaban J connectivity index is 1.50. The van der Waals surface area contributed by atoms with Crippen LogP contribution in [0.15, 0.2) is 64.1 Å². The summed E-state index contributed by atoms with van der Waals surface area (Å²) < 4.78 is 36.4. The number of hydrogen-bond donors (Lipinski definition) is 0. The Kier molecular flexibility index (Phi) is 5.34. The lowest BCUT2D eigenvalue weighted by molar-refractivity contribution is 0.0596. The lowest BCUT2D eigenvalue weighted by atomic mass is 10.1. The highest BCUT2D eigenvalue weighted by Gasteiger charge is 2.35. The van der Waals surface area contributed by atoms with E-state index in [0.717, 1.165) is 5.39 Å².